The molecule has 0 fully saturated rings. The van der Waals surface area contributed by atoms with Gasteiger partial charge in [-0.25, -0.2) is 0 Å². The van der Waals surface area contributed by atoms with Crippen molar-refractivity contribution in [2.45, 2.75) is 0 Å². The maximum atomic E-state index is 12.6. The van der Waals surface area contributed by atoms with Gasteiger partial charge in [0.1, 0.15) is 17.2 Å². The molecule has 0 saturated heterocycles. The number of methoxy groups -OCH3 is 2. The monoisotopic (exact) mass is 346 g/mol. The summed E-state index contributed by atoms with van der Waals surface area (Å²) in [4.78, 5) is 12.6. The topological polar surface area (TPSA) is 67.8 Å². The summed E-state index contributed by atoms with van der Waals surface area (Å²) in [5, 5.41) is 14.7. The molecule has 3 aromatic rings. The van der Waals surface area contributed by atoms with Crippen LogP contribution in [0.25, 0.3) is 10.8 Å². The van der Waals surface area contributed by atoms with Crippen molar-refractivity contribution < 1.29 is 48.9 Å². The SMILES string of the molecule is COc1ccc(OC)c(NC(=O)c2cc3ccccc3cc2O)c1.[Na+]. The Labute approximate surface area is 167 Å². The van der Waals surface area contributed by atoms with Crippen molar-refractivity contribution in [1.82, 2.24) is 0 Å². The van der Waals surface area contributed by atoms with Crippen molar-refractivity contribution in [2.24, 2.45) is 0 Å². The summed E-state index contributed by atoms with van der Waals surface area (Å²) in [5.74, 6) is 0.594. The molecule has 25 heavy (non-hydrogen) atoms. The fourth-order valence-corrected chi connectivity index (χ4v) is 2.51. The number of hydrogen-bond acceptors (Lipinski definition) is 4. The van der Waals surface area contributed by atoms with E-state index in [-0.39, 0.29) is 40.9 Å². The zero-order valence-corrected chi connectivity index (χ0v) is 16.4. The number of nitrogens with one attached hydrogen (secondary N) is 1. The molecule has 0 saturated carbocycles. The van der Waals surface area contributed by atoms with Crippen molar-refractivity contribution in [1.29, 1.82) is 0 Å². The number of hydrogen-bond donors (Lipinski definition) is 2. The number of ether oxygens (including phenoxy) is 2. The first-order valence-electron chi connectivity index (χ1n) is 7.37. The Morgan fingerprint density at radius 1 is 0.960 bits per heavy atom. The summed E-state index contributed by atoms with van der Waals surface area (Å²) in [5.41, 5.74) is 0.660. The van der Waals surface area contributed by atoms with Crippen LogP contribution in [0.1, 0.15) is 10.4 Å². The third-order valence-corrected chi connectivity index (χ3v) is 3.76. The van der Waals surface area contributed by atoms with Crippen LogP contribution in [0.2, 0.25) is 0 Å². The van der Waals surface area contributed by atoms with Gasteiger partial charge in [0.25, 0.3) is 5.91 Å². The Kier molecular flexibility index (Phi) is 6.31. The number of carbonyl (C=O) groups is 1. The maximum Gasteiger partial charge on any atom is 1.00 e. The van der Waals surface area contributed by atoms with Crippen LogP contribution in [0, 0.1) is 0 Å². The Morgan fingerprint density at radius 3 is 2.28 bits per heavy atom. The minimum atomic E-state index is -0.426. The average molecular weight is 346 g/mol. The molecule has 122 valence electrons. The predicted octanol–water partition coefficient (Wildman–Crippen LogP) is 0.819. The fraction of sp³-hybridized carbons (Fsp3) is 0.105. The Hall–Kier alpha value is -2.21. The second-order valence-electron chi connectivity index (χ2n) is 5.24. The van der Waals surface area contributed by atoms with E-state index in [1.807, 2.05) is 24.3 Å². The Bertz CT molecular complexity index is 911. The van der Waals surface area contributed by atoms with Gasteiger partial charge in [-0.05, 0) is 35.0 Å². The molecule has 3 rings (SSSR count). The van der Waals surface area contributed by atoms with Crippen LogP contribution in [0.15, 0.2) is 54.6 Å². The van der Waals surface area contributed by atoms with E-state index in [0.717, 1.165) is 10.8 Å². The molecule has 0 bridgehead atoms. The van der Waals surface area contributed by atoms with E-state index in [1.165, 1.54) is 7.11 Å². The summed E-state index contributed by atoms with van der Waals surface area (Å²) in [6, 6.07) is 15.9. The molecule has 0 aromatic heterocycles. The van der Waals surface area contributed by atoms with Crippen LogP contribution >= 0.6 is 0 Å². The van der Waals surface area contributed by atoms with E-state index in [4.69, 9.17) is 9.47 Å². The number of phenols is 1. The number of phenolic OH excluding ortho intramolecular Hbond substituents is 1. The first-order valence-corrected chi connectivity index (χ1v) is 7.37. The summed E-state index contributed by atoms with van der Waals surface area (Å²) in [6.07, 6.45) is 0. The van der Waals surface area contributed by atoms with Crippen LogP contribution in [0.4, 0.5) is 5.69 Å². The number of amides is 1. The van der Waals surface area contributed by atoms with E-state index in [1.54, 1.807) is 37.4 Å². The molecular formula is C19H17NNaO4+. The van der Waals surface area contributed by atoms with Crippen molar-refractivity contribution in [3.05, 3.63) is 60.2 Å². The van der Waals surface area contributed by atoms with Gasteiger partial charge in [0.2, 0.25) is 0 Å². The van der Waals surface area contributed by atoms with Crippen LogP contribution in [-0.4, -0.2) is 25.2 Å². The first-order chi connectivity index (χ1) is 11.6. The number of fused-ring (bicyclic) bond motifs is 1. The Morgan fingerprint density at radius 2 is 1.64 bits per heavy atom. The summed E-state index contributed by atoms with van der Waals surface area (Å²) in [7, 11) is 3.06. The van der Waals surface area contributed by atoms with Gasteiger partial charge in [-0.1, -0.05) is 24.3 Å². The molecule has 0 aliphatic rings. The van der Waals surface area contributed by atoms with E-state index in [2.05, 4.69) is 5.32 Å². The fourth-order valence-electron chi connectivity index (χ4n) is 2.51. The molecule has 0 aliphatic carbocycles. The van der Waals surface area contributed by atoms with Crippen molar-refractivity contribution in [2.75, 3.05) is 19.5 Å². The molecule has 2 N–H and O–H groups in total. The minimum Gasteiger partial charge on any atom is -0.507 e. The number of aromatic hydroxyl groups is 1. The van der Waals surface area contributed by atoms with Gasteiger partial charge in [0.15, 0.2) is 0 Å². The molecule has 1 amide bonds. The van der Waals surface area contributed by atoms with E-state index < -0.39 is 5.91 Å². The van der Waals surface area contributed by atoms with Crippen LogP contribution in [0.5, 0.6) is 17.2 Å². The Balaban J connectivity index is 0.00000225. The third-order valence-electron chi connectivity index (χ3n) is 3.76. The summed E-state index contributed by atoms with van der Waals surface area (Å²) in [6.45, 7) is 0. The minimum absolute atomic E-state index is 0. The molecular weight excluding hydrogens is 329 g/mol. The van der Waals surface area contributed by atoms with Crippen molar-refractivity contribution >= 4 is 22.4 Å². The molecule has 0 spiro atoms. The molecule has 5 nitrogen and oxygen atoms in total. The second kappa shape index (κ2) is 8.25. The molecule has 0 radical (unpaired) electrons. The largest absolute Gasteiger partial charge is 1.00 e. The van der Waals surface area contributed by atoms with Gasteiger partial charge in [0.05, 0.1) is 25.5 Å². The molecule has 3 aromatic carbocycles. The van der Waals surface area contributed by atoms with Crippen molar-refractivity contribution in [3.63, 3.8) is 0 Å². The van der Waals surface area contributed by atoms with Gasteiger partial charge in [-0.2, -0.15) is 0 Å². The van der Waals surface area contributed by atoms with Gasteiger partial charge >= 0.3 is 29.6 Å². The standard InChI is InChI=1S/C19H17NO4.Na/c1-23-14-7-8-18(24-2)16(11-14)20-19(22)15-9-12-5-3-4-6-13(12)10-17(15)21;/h3-11,21H,1-2H3,(H,20,22);/q;+1. The van der Waals surface area contributed by atoms with Gasteiger partial charge < -0.3 is 19.9 Å². The molecule has 0 unspecified atom stereocenters. The van der Waals surface area contributed by atoms with Crippen LogP contribution in [-0.2, 0) is 0 Å². The number of carbonyl (C=O) groups excluding carboxylic acids is 1. The number of rotatable bonds is 4. The normalized spacial score (nSPS) is 10.0. The van der Waals surface area contributed by atoms with Gasteiger partial charge in [0, 0.05) is 6.07 Å². The van der Waals surface area contributed by atoms with Gasteiger partial charge in [-0.3, -0.25) is 4.79 Å². The van der Waals surface area contributed by atoms with E-state index in [0.29, 0.717) is 17.2 Å². The molecule has 0 aliphatic heterocycles. The number of anilines is 1. The number of benzene rings is 3. The average Bonchev–Trinajstić information content (AvgIpc) is 2.60. The van der Waals surface area contributed by atoms with Crippen LogP contribution < -0.4 is 44.3 Å². The predicted molar refractivity (Wildman–Crippen MR) is 93.1 cm³/mol. The molecule has 6 heteroatoms. The third kappa shape index (κ3) is 4.07. The first kappa shape index (κ1) is 19.1. The summed E-state index contributed by atoms with van der Waals surface area (Å²) >= 11 is 0. The van der Waals surface area contributed by atoms with Gasteiger partial charge in [-0.15, -0.1) is 0 Å². The second-order valence-corrected chi connectivity index (χ2v) is 5.24. The smallest absolute Gasteiger partial charge is 0.507 e. The molecule has 0 atom stereocenters. The zero-order chi connectivity index (χ0) is 17.1. The van der Waals surface area contributed by atoms with E-state index in [9.17, 15) is 9.90 Å². The molecule has 0 heterocycles. The van der Waals surface area contributed by atoms with E-state index >= 15 is 0 Å². The summed E-state index contributed by atoms with van der Waals surface area (Å²) < 4.78 is 10.4. The van der Waals surface area contributed by atoms with Crippen LogP contribution in [0.3, 0.4) is 0 Å². The zero-order valence-electron chi connectivity index (χ0n) is 14.4. The maximum absolute atomic E-state index is 12.6. The quantitative estimate of drug-likeness (QED) is 0.687. The van der Waals surface area contributed by atoms with Crippen molar-refractivity contribution in [3.8, 4) is 17.2 Å².